The summed E-state index contributed by atoms with van der Waals surface area (Å²) in [5, 5.41) is 16.9. The SMILES string of the molecule is CC(C)C(CCO)NC(=O)c1cnc(-c2cnn(C)c2)s1. The van der Waals surface area contributed by atoms with Crippen molar-refractivity contribution in [3.8, 4) is 10.6 Å². The summed E-state index contributed by atoms with van der Waals surface area (Å²) in [6.45, 7) is 4.11. The standard InChI is InChI=1S/C14H20N4O2S/c1-9(2)11(4-5-19)17-13(20)12-7-15-14(21-12)10-6-16-18(3)8-10/h6-9,11,19H,4-5H2,1-3H3,(H,17,20). The fourth-order valence-electron chi connectivity index (χ4n) is 1.99. The van der Waals surface area contributed by atoms with Crippen LogP contribution in [0, 0.1) is 5.92 Å². The molecule has 0 aliphatic heterocycles. The molecule has 2 heterocycles. The predicted molar refractivity (Wildman–Crippen MR) is 82.1 cm³/mol. The lowest BCUT2D eigenvalue weighted by Crippen LogP contribution is -2.38. The Labute approximate surface area is 127 Å². The van der Waals surface area contributed by atoms with Crippen molar-refractivity contribution in [1.29, 1.82) is 0 Å². The van der Waals surface area contributed by atoms with Crippen LogP contribution in [0.2, 0.25) is 0 Å². The molecule has 2 aromatic rings. The van der Waals surface area contributed by atoms with E-state index in [1.54, 1.807) is 17.1 Å². The largest absolute Gasteiger partial charge is 0.396 e. The first-order valence-corrected chi connectivity index (χ1v) is 7.69. The van der Waals surface area contributed by atoms with Crippen LogP contribution in [0.4, 0.5) is 0 Å². The van der Waals surface area contributed by atoms with Gasteiger partial charge < -0.3 is 10.4 Å². The number of nitrogens with zero attached hydrogens (tertiary/aromatic N) is 3. The molecule has 0 aliphatic rings. The third kappa shape index (κ3) is 3.89. The van der Waals surface area contributed by atoms with Gasteiger partial charge in [-0.3, -0.25) is 9.48 Å². The van der Waals surface area contributed by atoms with Crippen molar-refractivity contribution in [2.75, 3.05) is 6.61 Å². The minimum absolute atomic E-state index is 0.0357. The third-order valence-electron chi connectivity index (χ3n) is 3.24. The summed E-state index contributed by atoms with van der Waals surface area (Å²) in [5.41, 5.74) is 0.900. The molecule has 0 bridgehead atoms. The van der Waals surface area contributed by atoms with Gasteiger partial charge in [-0.25, -0.2) is 4.98 Å². The van der Waals surface area contributed by atoms with Gasteiger partial charge in [-0.1, -0.05) is 13.8 Å². The van der Waals surface area contributed by atoms with Gasteiger partial charge in [-0.05, 0) is 12.3 Å². The Bertz CT molecular complexity index is 606. The van der Waals surface area contributed by atoms with Crippen molar-refractivity contribution in [1.82, 2.24) is 20.1 Å². The monoisotopic (exact) mass is 308 g/mol. The molecule has 2 aromatic heterocycles. The maximum atomic E-state index is 12.2. The Hall–Kier alpha value is -1.73. The molecule has 6 nitrogen and oxygen atoms in total. The van der Waals surface area contributed by atoms with E-state index in [-0.39, 0.29) is 24.5 Å². The van der Waals surface area contributed by atoms with E-state index in [1.165, 1.54) is 11.3 Å². The first-order valence-electron chi connectivity index (χ1n) is 6.87. The highest BCUT2D eigenvalue weighted by Gasteiger charge is 2.19. The summed E-state index contributed by atoms with van der Waals surface area (Å²) >= 11 is 1.34. The smallest absolute Gasteiger partial charge is 0.263 e. The molecule has 0 aromatic carbocycles. The van der Waals surface area contributed by atoms with E-state index >= 15 is 0 Å². The fraction of sp³-hybridized carbons (Fsp3) is 0.500. The number of carbonyl (C=O) groups excluding carboxylic acids is 1. The maximum Gasteiger partial charge on any atom is 0.263 e. The highest BCUT2D eigenvalue weighted by atomic mass is 32.1. The first kappa shape index (κ1) is 15.7. The van der Waals surface area contributed by atoms with E-state index in [0.717, 1.165) is 10.6 Å². The van der Waals surface area contributed by atoms with Crippen LogP contribution in [0.1, 0.15) is 29.9 Å². The molecule has 0 spiro atoms. The molecular weight excluding hydrogens is 288 g/mol. The van der Waals surface area contributed by atoms with Crippen molar-refractivity contribution >= 4 is 17.2 Å². The zero-order valence-electron chi connectivity index (χ0n) is 12.4. The van der Waals surface area contributed by atoms with Crippen LogP contribution >= 0.6 is 11.3 Å². The van der Waals surface area contributed by atoms with E-state index in [1.807, 2.05) is 27.1 Å². The van der Waals surface area contributed by atoms with Crippen molar-refractivity contribution < 1.29 is 9.90 Å². The quantitative estimate of drug-likeness (QED) is 0.851. The van der Waals surface area contributed by atoms with Crippen LogP contribution in [-0.4, -0.2) is 38.4 Å². The van der Waals surface area contributed by atoms with Crippen LogP contribution in [0.15, 0.2) is 18.6 Å². The molecule has 2 rings (SSSR count). The lowest BCUT2D eigenvalue weighted by Gasteiger charge is -2.20. The van der Waals surface area contributed by atoms with Gasteiger partial charge in [-0.15, -0.1) is 11.3 Å². The Morgan fingerprint density at radius 3 is 2.81 bits per heavy atom. The zero-order valence-corrected chi connectivity index (χ0v) is 13.2. The molecule has 0 fully saturated rings. The molecule has 114 valence electrons. The zero-order chi connectivity index (χ0) is 15.4. The van der Waals surface area contributed by atoms with Crippen LogP contribution in [-0.2, 0) is 7.05 Å². The number of thiazole rings is 1. The maximum absolute atomic E-state index is 12.2. The van der Waals surface area contributed by atoms with Gasteiger partial charge in [0, 0.05) is 31.5 Å². The molecule has 0 aliphatic carbocycles. The minimum Gasteiger partial charge on any atom is -0.396 e. The highest BCUT2D eigenvalue weighted by molar-refractivity contribution is 7.16. The van der Waals surface area contributed by atoms with Gasteiger partial charge >= 0.3 is 0 Å². The van der Waals surface area contributed by atoms with Gasteiger partial charge in [0.15, 0.2) is 0 Å². The van der Waals surface area contributed by atoms with Crippen molar-refractivity contribution in [3.05, 3.63) is 23.5 Å². The molecule has 0 radical (unpaired) electrons. The number of hydrogen-bond donors (Lipinski definition) is 2. The van der Waals surface area contributed by atoms with Crippen molar-refractivity contribution in [2.24, 2.45) is 13.0 Å². The second-order valence-electron chi connectivity index (χ2n) is 5.27. The topological polar surface area (TPSA) is 80.0 Å². The average molecular weight is 308 g/mol. The van der Waals surface area contributed by atoms with Gasteiger partial charge in [0.1, 0.15) is 9.88 Å². The molecule has 0 saturated carbocycles. The second kappa shape index (κ2) is 6.82. The van der Waals surface area contributed by atoms with Gasteiger partial charge in [0.05, 0.1) is 12.4 Å². The number of hydrogen-bond acceptors (Lipinski definition) is 5. The van der Waals surface area contributed by atoms with Crippen LogP contribution < -0.4 is 5.32 Å². The fourth-order valence-corrected chi connectivity index (χ4v) is 2.79. The average Bonchev–Trinajstić information content (AvgIpc) is 3.06. The van der Waals surface area contributed by atoms with E-state index in [0.29, 0.717) is 11.3 Å². The number of rotatable bonds is 6. The Morgan fingerprint density at radius 2 is 2.24 bits per heavy atom. The lowest BCUT2D eigenvalue weighted by atomic mass is 10.0. The summed E-state index contributed by atoms with van der Waals surface area (Å²) in [6, 6.07) is -0.0357. The summed E-state index contributed by atoms with van der Waals surface area (Å²) in [4.78, 5) is 17.1. The number of aryl methyl sites for hydroxylation is 1. The predicted octanol–water partition coefficient (Wildman–Crippen LogP) is 1.68. The lowest BCUT2D eigenvalue weighted by molar-refractivity contribution is 0.0920. The molecule has 2 N–H and O–H groups in total. The van der Waals surface area contributed by atoms with E-state index in [9.17, 15) is 4.79 Å². The van der Waals surface area contributed by atoms with E-state index in [2.05, 4.69) is 15.4 Å². The molecule has 1 amide bonds. The number of nitrogens with one attached hydrogen (secondary N) is 1. The summed E-state index contributed by atoms with van der Waals surface area (Å²) in [5.74, 6) is 0.126. The third-order valence-corrected chi connectivity index (χ3v) is 4.29. The molecule has 1 unspecified atom stereocenters. The molecule has 0 saturated heterocycles. The molecular formula is C14H20N4O2S. The summed E-state index contributed by atoms with van der Waals surface area (Å²) in [7, 11) is 1.84. The van der Waals surface area contributed by atoms with Gasteiger partial charge in [-0.2, -0.15) is 5.10 Å². The molecule has 1 atom stereocenters. The number of aliphatic hydroxyl groups excluding tert-OH is 1. The van der Waals surface area contributed by atoms with Crippen LogP contribution in [0.3, 0.4) is 0 Å². The van der Waals surface area contributed by atoms with Crippen LogP contribution in [0.25, 0.3) is 10.6 Å². The van der Waals surface area contributed by atoms with E-state index < -0.39 is 0 Å². The summed E-state index contributed by atoms with van der Waals surface area (Å²) in [6.07, 6.45) is 5.72. The Morgan fingerprint density at radius 1 is 1.48 bits per heavy atom. The number of carbonyl (C=O) groups is 1. The Balaban J connectivity index is 2.08. The number of amides is 1. The highest BCUT2D eigenvalue weighted by Crippen LogP contribution is 2.24. The van der Waals surface area contributed by atoms with Gasteiger partial charge in [0.25, 0.3) is 5.91 Å². The number of aromatic nitrogens is 3. The van der Waals surface area contributed by atoms with Crippen molar-refractivity contribution in [2.45, 2.75) is 26.3 Å². The van der Waals surface area contributed by atoms with E-state index in [4.69, 9.17) is 5.11 Å². The summed E-state index contributed by atoms with van der Waals surface area (Å²) < 4.78 is 1.70. The molecule has 7 heteroatoms. The normalized spacial score (nSPS) is 12.6. The second-order valence-corrected chi connectivity index (χ2v) is 6.30. The number of aliphatic hydroxyl groups is 1. The van der Waals surface area contributed by atoms with Gasteiger partial charge in [0.2, 0.25) is 0 Å². The Kier molecular flexibility index (Phi) is 5.08. The van der Waals surface area contributed by atoms with Crippen LogP contribution in [0.5, 0.6) is 0 Å². The minimum atomic E-state index is -0.144. The first-order chi connectivity index (χ1) is 10.0. The molecule has 21 heavy (non-hydrogen) atoms. The van der Waals surface area contributed by atoms with Crippen molar-refractivity contribution in [3.63, 3.8) is 0 Å².